The van der Waals surface area contributed by atoms with Crippen molar-refractivity contribution >= 4 is 33.1 Å². The summed E-state index contributed by atoms with van der Waals surface area (Å²) >= 11 is 1.87. The minimum absolute atomic E-state index is 0.359. The van der Waals surface area contributed by atoms with Crippen LogP contribution in [0.5, 0.6) is 5.75 Å². The predicted molar refractivity (Wildman–Crippen MR) is 111 cm³/mol. The molecule has 2 aliphatic rings. The van der Waals surface area contributed by atoms with Crippen LogP contribution in [0.3, 0.4) is 0 Å². The Balaban J connectivity index is 1.47. The SMILES string of the molecule is Cc1nc(N2CCN(c3ccccc3O)CC2)c2c3c(sc2n1)CCCC3. The van der Waals surface area contributed by atoms with Crippen molar-refractivity contribution in [2.24, 2.45) is 0 Å². The lowest BCUT2D eigenvalue weighted by atomic mass is 9.97. The Labute approximate surface area is 163 Å². The summed E-state index contributed by atoms with van der Waals surface area (Å²) in [6.45, 7) is 5.58. The maximum absolute atomic E-state index is 10.2. The summed E-state index contributed by atoms with van der Waals surface area (Å²) in [6, 6.07) is 7.61. The minimum Gasteiger partial charge on any atom is -0.506 e. The number of thiophene rings is 1. The number of aromatic nitrogens is 2. The summed E-state index contributed by atoms with van der Waals surface area (Å²) in [5.41, 5.74) is 2.42. The number of nitrogens with zero attached hydrogens (tertiary/aromatic N) is 4. The molecule has 140 valence electrons. The van der Waals surface area contributed by atoms with E-state index in [4.69, 9.17) is 9.97 Å². The smallest absolute Gasteiger partial charge is 0.141 e. The molecule has 27 heavy (non-hydrogen) atoms. The van der Waals surface area contributed by atoms with Crippen molar-refractivity contribution in [2.75, 3.05) is 36.0 Å². The van der Waals surface area contributed by atoms with Crippen LogP contribution in [0, 0.1) is 6.92 Å². The lowest BCUT2D eigenvalue weighted by Gasteiger charge is -2.37. The van der Waals surface area contributed by atoms with E-state index in [0.29, 0.717) is 5.75 Å². The number of para-hydroxylation sites is 2. The summed E-state index contributed by atoms with van der Waals surface area (Å²) in [5.74, 6) is 2.34. The van der Waals surface area contributed by atoms with Gasteiger partial charge in [0.2, 0.25) is 0 Å². The summed E-state index contributed by atoms with van der Waals surface area (Å²) < 4.78 is 0. The summed E-state index contributed by atoms with van der Waals surface area (Å²) in [6.07, 6.45) is 4.91. The highest BCUT2D eigenvalue weighted by molar-refractivity contribution is 7.19. The number of aromatic hydroxyl groups is 1. The van der Waals surface area contributed by atoms with Gasteiger partial charge in [-0.05, 0) is 50.3 Å². The third kappa shape index (κ3) is 2.92. The number of hydrogen-bond acceptors (Lipinski definition) is 6. The van der Waals surface area contributed by atoms with E-state index in [1.165, 1.54) is 35.1 Å². The summed E-state index contributed by atoms with van der Waals surface area (Å²) in [5, 5.41) is 11.5. The monoisotopic (exact) mass is 380 g/mol. The highest BCUT2D eigenvalue weighted by Gasteiger charge is 2.26. The van der Waals surface area contributed by atoms with Crippen LogP contribution in [0.4, 0.5) is 11.5 Å². The molecule has 0 bridgehead atoms. The molecule has 6 heteroatoms. The van der Waals surface area contributed by atoms with Crippen LogP contribution in [-0.2, 0) is 12.8 Å². The van der Waals surface area contributed by atoms with Crippen LogP contribution in [-0.4, -0.2) is 41.3 Å². The average Bonchev–Trinajstić information content (AvgIpc) is 3.06. The van der Waals surface area contributed by atoms with Gasteiger partial charge in [0, 0.05) is 31.1 Å². The van der Waals surface area contributed by atoms with Crippen LogP contribution >= 0.6 is 11.3 Å². The van der Waals surface area contributed by atoms with E-state index in [2.05, 4.69) is 9.80 Å². The standard InChI is InChI=1S/C21H24N4OS/c1-14-22-20(19-15-6-2-5-9-18(15)27-21(19)23-14)25-12-10-24(11-13-25)16-7-3-4-8-17(16)26/h3-4,7-8,26H,2,5-6,9-13H2,1H3. The Morgan fingerprint density at radius 3 is 2.52 bits per heavy atom. The number of aryl methyl sites for hydroxylation is 3. The van der Waals surface area contributed by atoms with E-state index >= 15 is 0 Å². The van der Waals surface area contributed by atoms with Crippen LogP contribution in [0.2, 0.25) is 0 Å². The zero-order chi connectivity index (χ0) is 18.4. The second-order valence-corrected chi connectivity index (χ2v) is 8.53. The first-order chi connectivity index (χ1) is 13.2. The zero-order valence-electron chi connectivity index (χ0n) is 15.6. The number of phenols is 1. The molecule has 3 aromatic rings. The Hall–Kier alpha value is -2.34. The molecular weight excluding hydrogens is 356 g/mol. The average molecular weight is 381 g/mol. The topological polar surface area (TPSA) is 52.5 Å². The summed E-state index contributed by atoms with van der Waals surface area (Å²) in [4.78, 5) is 17.0. The largest absolute Gasteiger partial charge is 0.506 e. The van der Waals surface area contributed by atoms with Gasteiger partial charge in [-0.25, -0.2) is 9.97 Å². The molecule has 1 N–H and O–H groups in total. The Morgan fingerprint density at radius 1 is 0.963 bits per heavy atom. The molecule has 2 aromatic heterocycles. The molecule has 1 aliphatic carbocycles. The normalized spacial score (nSPS) is 17.4. The lowest BCUT2D eigenvalue weighted by molar-refractivity contribution is 0.472. The van der Waals surface area contributed by atoms with Crippen LogP contribution in [0.25, 0.3) is 10.2 Å². The molecule has 1 aromatic carbocycles. The van der Waals surface area contributed by atoms with E-state index in [0.717, 1.165) is 54.8 Å². The van der Waals surface area contributed by atoms with E-state index in [-0.39, 0.29) is 0 Å². The molecule has 3 heterocycles. The van der Waals surface area contributed by atoms with Crippen molar-refractivity contribution in [1.29, 1.82) is 0 Å². The molecule has 1 aliphatic heterocycles. The predicted octanol–water partition coefficient (Wildman–Crippen LogP) is 3.91. The molecule has 5 nitrogen and oxygen atoms in total. The third-order valence-corrected chi connectivity index (χ3v) is 6.89. The van der Waals surface area contributed by atoms with Gasteiger partial charge in [-0.3, -0.25) is 0 Å². The van der Waals surface area contributed by atoms with Crippen molar-refractivity contribution in [1.82, 2.24) is 9.97 Å². The highest BCUT2D eigenvalue weighted by atomic mass is 32.1. The van der Waals surface area contributed by atoms with Crippen LogP contribution < -0.4 is 9.80 Å². The molecule has 1 saturated heterocycles. The number of rotatable bonds is 2. The molecule has 1 fully saturated rings. The lowest BCUT2D eigenvalue weighted by Crippen LogP contribution is -2.47. The second-order valence-electron chi connectivity index (χ2n) is 7.45. The fraction of sp³-hybridized carbons (Fsp3) is 0.429. The minimum atomic E-state index is 0.359. The van der Waals surface area contributed by atoms with Gasteiger partial charge in [0.05, 0.1) is 11.1 Å². The van der Waals surface area contributed by atoms with Crippen LogP contribution in [0.1, 0.15) is 29.1 Å². The van der Waals surface area contributed by atoms with Gasteiger partial charge in [-0.1, -0.05) is 12.1 Å². The van der Waals surface area contributed by atoms with E-state index in [1.807, 2.05) is 36.5 Å². The van der Waals surface area contributed by atoms with E-state index in [9.17, 15) is 5.11 Å². The van der Waals surface area contributed by atoms with Crippen molar-refractivity contribution < 1.29 is 5.11 Å². The highest BCUT2D eigenvalue weighted by Crippen LogP contribution is 2.40. The Bertz CT molecular complexity index is 991. The molecule has 0 spiro atoms. The Kier molecular flexibility index (Phi) is 4.16. The number of piperazine rings is 1. The third-order valence-electron chi connectivity index (χ3n) is 5.71. The van der Waals surface area contributed by atoms with Crippen molar-refractivity contribution in [2.45, 2.75) is 32.6 Å². The first-order valence-electron chi connectivity index (χ1n) is 9.77. The number of hydrogen-bond donors (Lipinski definition) is 1. The molecular formula is C21H24N4OS. The maximum Gasteiger partial charge on any atom is 0.141 e. The molecule has 0 atom stereocenters. The number of benzene rings is 1. The quantitative estimate of drug-likeness (QED) is 0.730. The van der Waals surface area contributed by atoms with Crippen LogP contribution in [0.15, 0.2) is 24.3 Å². The van der Waals surface area contributed by atoms with E-state index in [1.54, 1.807) is 6.07 Å². The van der Waals surface area contributed by atoms with Gasteiger partial charge in [0.1, 0.15) is 22.2 Å². The first kappa shape index (κ1) is 16.8. The van der Waals surface area contributed by atoms with Gasteiger partial charge in [-0.15, -0.1) is 11.3 Å². The molecule has 0 saturated carbocycles. The number of phenolic OH excluding ortho intramolecular Hbond substituents is 1. The van der Waals surface area contributed by atoms with Gasteiger partial charge in [0.25, 0.3) is 0 Å². The maximum atomic E-state index is 10.2. The fourth-order valence-corrected chi connectivity index (χ4v) is 5.66. The van der Waals surface area contributed by atoms with Crippen molar-refractivity contribution in [3.8, 4) is 5.75 Å². The number of fused-ring (bicyclic) bond motifs is 3. The fourth-order valence-electron chi connectivity index (χ4n) is 4.36. The second kappa shape index (κ2) is 6.68. The zero-order valence-corrected chi connectivity index (χ0v) is 16.4. The first-order valence-corrected chi connectivity index (χ1v) is 10.6. The van der Waals surface area contributed by atoms with Gasteiger partial charge < -0.3 is 14.9 Å². The molecule has 0 radical (unpaired) electrons. The van der Waals surface area contributed by atoms with Crippen molar-refractivity contribution in [3.05, 3.63) is 40.5 Å². The molecule has 5 rings (SSSR count). The molecule has 0 unspecified atom stereocenters. The van der Waals surface area contributed by atoms with Gasteiger partial charge in [-0.2, -0.15) is 0 Å². The number of anilines is 2. The van der Waals surface area contributed by atoms with Crippen molar-refractivity contribution in [3.63, 3.8) is 0 Å². The van der Waals surface area contributed by atoms with E-state index < -0.39 is 0 Å². The van der Waals surface area contributed by atoms with Gasteiger partial charge in [0.15, 0.2) is 0 Å². The summed E-state index contributed by atoms with van der Waals surface area (Å²) in [7, 11) is 0. The van der Waals surface area contributed by atoms with Gasteiger partial charge >= 0.3 is 0 Å². The Morgan fingerprint density at radius 2 is 1.70 bits per heavy atom. The molecule has 0 amide bonds.